The van der Waals surface area contributed by atoms with Crippen LogP contribution >= 0.6 is 0 Å². The fourth-order valence-corrected chi connectivity index (χ4v) is 3.13. The number of hydrogen-bond acceptors (Lipinski definition) is 4. The van der Waals surface area contributed by atoms with Gasteiger partial charge in [0.1, 0.15) is 23.1 Å². The maximum absolute atomic E-state index is 12.8. The van der Waals surface area contributed by atoms with Crippen molar-refractivity contribution in [2.24, 2.45) is 0 Å². The number of carbonyl (C=O) groups excluding carboxylic acids is 1. The Labute approximate surface area is 154 Å². The summed E-state index contributed by atoms with van der Waals surface area (Å²) in [6.45, 7) is 2.99. The van der Waals surface area contributed by atoms with E-state index in [2.05, 4.69) is 16.9 Å². The van der Waals surface area contributed by atoms with Gasteiger partial charge in [-0.05, 0) is 23.8 Å². The lowest BCUT2D eigenvalue weighted by atomic mass is 9.89. The highest BCUT2D eigenvalue weighted by Gasteiger charge is 2.33. The fourth-order valence-electron chi connectivity index (χ4n) is 3.13. The molecule has 27 heavy (non-hydrogen) atoms. The number of pyridine rings is 1. The van der Waals surface area contributed by atoms with E-state index in [1.165, 1.54) is 0 Å². The lowest BCUT2D eigenvalue weighted by Crippen LogP contribution is -2.49. The van der Waals surface area contributed by atoms with Crippen molar-refractivity contribution < 1.29 is 19.0 Å². The summed E-state index contributed by atoms with van der Waals surface area (Å²) in [6, 6.07) is 8.74. The van der Waals surface area contributed by atoms with Crippen molar-refractivity contribution in [2.45, 2.75) is 25.0 Å². The lowest BCUT2D eigenvalue weighted by Gasteiger charge is -2.35. The molecule has 0 radical (unpaired) electrons. The normalized spacial score (nSPS) is 18.7. The molecule has 0 unspecified atom stereocenters. The Morgan fingerprint density at radius 2 is 2.04 bits per heavy atom. The number of phenolic OH excluding ortho intramolecular Hbond substituents is 1. The van der Waals surface area contributed by atoms with E-state index < -0.39 is 11.7 Å². The van der Waals surface area contributed by atoms with Gasteiger partial charge < -0.3 is 19.6 Å². The number of nitrogens with zero attached hydrogens (tertiary/aromatic N) is 2. The first-order valence-electron chi connectivity index (χ1n) is 8.56. The number of aromatic nitrogens is 2. The highest BCUT2D eigenvalue weighted by Crippen LogP contribution is 2.33. The van der Waals surface area contributed by atoms with Crippen molar-refractivity contribution in [3.05, 3.63) is 61.5 Å². The van der Waals surface area contributed by atoms with Crippen LogP contribution in [0.3, 0.4) is 0 Å². The third-order valence-electron chi connectivity index (χ3n) is 4.65. The van der Waals surface area contributed by atoms with Gasteiger partial charge in [0.2, 0.25) is 0 Å². The number of imidazole rings is 1. The number of rotatable bonds is 5. The summed E-state index contributed by atoms with van der Waals surface area (Å²) in [7, 11) is 0. The molecule has 1 amide bonds. The molecular weight excluding hydrogens is 349 g/mol. The molecule has 2 heterocycles. The van der Waals surface area contributed by atoms with Gasteiger partial charge in [-0.3, -0.25) is 4.79 Å². The van der Waals surface area contributed by atoms with Crippen molar-refractivity contribution >= 4 is 11.4 Å². The van der Waals surface area contributed by atoms with Crippen LogP contribution in [-0.2, 0) is 4.79 Å². The Hall–Kier alpha value is -3.35. The third-order valence-corrected chi connectivity index (χ3v) is 4.65. The first kappa shape index (κ1) is 17.1. The first-order valence-corrected chi connectivity index (χ1v) is 8.56. The summed E-state index contributed by atoms with van der Waals surface area (Å²) >= 11 is 0. The average Bonchev–Trinajstić information content (AvgIpc) is 3.09. The molecule has 0 bridgehead atoms. The molecule has 6 nitrogen and oxygen atoms in total. The molecule has 0 spiro atoms. The van der Waals surface area contributed by atoms with Crippen LogP contribution in [0.4, 0.5) is 4.39 Å². The second-order valence-corrected chi connectivity index (χ2v) is 6.61. The van der Waals surface area contributed by atoms with E-state index in [1.54, 1.807) is 24.7 Å². The molecule has 1 aliphatic rings. The molecular formula is C20H18FN3O3. The van der Waals surface area contributed by atoms with Gasteiger partial charge in [-0.15, -0.1) is 0 Å². The van der Waals surface area contributed by atoms with Crippen LogP contribution in [0.25, 0.3) is 16.6 Å². The molecule has 1 fully saturated rings. The smallest absolute Gasteiger partial charge is 0.279 e. The van der Waals surface area contributed by atoms with Gasteiger partial charge in [-0.25, -0.2) is 9.37 Å². The van der Waals surface area contributed by atoms with Crippen LogP contribution in [0.5, 0.6) is 11.5 Å². The standard InChI is InChI=1S/C20H18FN3O3/c1-12(21)20(26)23-15-7-17(8-15)27-19-6-14(10-24-11-22-9-18(19)24)13-2-4-16(25)5-3-13/h2-6,9-11,15,17,25H,1,7-8H2,(H,23,26). The Morgan fingerprint density at radius 1 is 1.30 bits per heavy atom. The zero-order valence-electron chi connectivity index (χ0n) is 14.4. The quantitative estimate of drug-likeness (QED) is 0.679. The minimum Gasteiger partial charge on any atom is -0.508 e. The number of fused-ring (bicyclic) bond motifs is 1. The largest absolute Gasteiger partial charge is 0.508 e. The predicted molar refractivity (Wildman–Crippen MR) is 98.1 cm³/mol. The van der Waals surface area contributed by atoms with E-state index >= 15 is 0 Å². The highest BCUT2D eigenvalue weighted by molar-refractivity contribution is 5.90. The SMILES string of the molecule is C=C(F)C(=O)NC1CC(Oc2cc(-c3ccc(O)cc3)cn3cncc23)C1. The van der Waals surface area contributed by atoms with Crippen LogP contribution in [0, 0.1) is 0 Å². The second kappa shape index (κ2) is 6.75. The van der Waals surface area contributed by atoms with Crippen LogP contribution in [0.15, 0.2) is 61.5 Å². The molecule has 138 valence electrons. The second-order valence-electron chi connectivity index (χ2n) is 6.61. The van der Waals surface area contributed by atoms with Crippen molar-refractivity contribution in [1.29, 1.82) is 0 Å². The summed E-state index contributed by atoms with van der Waals surface area (Å²) < 4.78 is 20.7. The summed E-state index contributed by atoms with van der Waals surface area (Å²) in [4.78, 5) is 15.5. The molecule has 3 aromatic rings. The van der Waals surface area contributed by atoms with E-state index in [9.17, 15) is 14.3 Å². The van der Waals surface area contributed by atoms with Gasteiger partial charge in [0.25, 0.3) is 5.91 Å². The van der Waals surface area contributed by atoms with E-state index in [0.29, 0.717) is 18.6 Å². The average molecular weight is 367 g/mol. The molecule has 2 aromatic heterocycles. The number of carbonyl (C=O) groups is 1. The minimum atomic E-state index is -0.984. The molecule has 0 atom stereocenters. The Bertz CT molecular complexity index is 1010. The molecule has 1 aromatic carbocycles. The highest BCUT2D eigenvalue weighted by atomic mass is 19.1. The van der Waals surface area contributed by atoms with Crippen LogP contribution < -0.4 is 10.1 Å². The van der Waals surface area contributed by atoms with Gasteiger partial charge in [0.05, 0.1) is 12.5 Å². The zero-order valence-corrected chi connectivity index (χ0v) is 14.4. The maximum Gasteiger partial charge on any atom is 0.279 e. The van der Waals surface area contributed by atoms with Gasteiger partial charge in [-0.2, -0.15) is 0 Å². The molecule has 7 heteroatoms. The van der Waals surface area contributed by atoms with E-state index in [4.69, 9.17) is 4.74 Å². The van der Waals surface area contributed by atoms with E-state index in [0.717, 1.165) is 16.6 Å². The summed E-state index contributed by atoms with van der Waals surface area (Å²) in [5, 5.41) is 12.0. The Kier molecular flexibility index (Phi) is 4.27. The summed E-state index contributed by atoms with van der Waals surface area (Å²) in [5.74, 6) is -0.868. The number of aromatic hydroxyl groups is 1. The van der Waals surface area contributed by atoms with Crippen LogP contribution in [-0.4, -0.2) is 32.5 Å². The lowest BCUT2D eigenvalue weighted by molar-refractivity contribution is -0.120. The summed E-state index contributed by atoms with van der Waals surface area (Å²) in [5.41, 5.74) is 2.70. The number of halogens is 1. The van der Waals surface area contributed by atoms with Crippen LogP contribution in [0.1, 0.15) is 12.8 Å². The zero-order chi connectivity index (χ0) is 19.0. The molecule has 0 saturated heterocycles. The molecule has 4 rings (SSSR count). The third kappa shape index (κ3) is 3.48. The number of ether oxygens (including phenoxy) is 1. The van der Waals surface area contributed by atoms with Gasteiger partial charge in [0.15, 0.2) is 5.83 Å². The fraction of sp³-hybridized carbons (Fsp3) is 0.200. The Morgan fingerprint density at radius 3 is 2.74 bits per heavy atom. The number of benzene rings is 1. The van der Waals surface area contributed by atoms with Crippen molar-refractivity contribution in [3.63, 3.8) is 0 Å². The predicted octanol–water partition coefficient (Wildman–Crippen LogP) is 3.22. The monoisotopic (exact) mass is 367 g/mol. The molecule has 2 N–H and O–H groups in total. The number of hydrogen-bond donors (Lipinski definition) is 2. The Balaban J connectivity index is 1.52. The minimum absolute atomic E-state index is 0.0723. The van der Waals surface area contributed by atoms with E-state index in [-0.39, 0.29) is 17.9 Å². The van der Waals surface area contributed by atoms with Gasteiger partial charge in [-0.1, -0.05) is 18.7 Å². The van der Waals surface area contributed by atoms with Crippen LogP contribution in [0.2, 0.25) is 0 Å². The van der Waals surface area contributed by atoms with Crippen molar-refractivity contribution in [2.75, 3.05) is 0 Å². The molecule has 0 aliphatic heterocycles. The van der Waals surface area contributed by atoms with Gasteiger partial charge in [0, 0.05) is 30.6 Å². The number of nitrogens with one attached hydrogen (secondary N) is 1. The molecule has 1 aliphatic carbocycles. The first-order chi connectivity index (χ1) is 13.0. The topological polar surface area (TPSA) is 75.9 Å². The van der Waals surface area contributed by atoms with Crippen molar-refractivity contribution in [1.82, 2.24) is 14.7 Å². The van der Waals surface area contributed by atoms with Crippen molar-refractivity contribution in [3.8, 4) is 22.6 Å². The number of amides is 1. The van der Waals surface area contributed by atoms with Gasteiger partial charge >= 0.3 is 0 Å². The number of phenols is 1. The van der Waals surface area contributed by atoms with E-state index in [1.807, 2.05) is 28.8 Å². The summed E-state index contributed by atoms with van der Waals surface area (Å²) in [6.07, 6.45) is 6.49. The maximum atomic E-state index is 12.8. The molecule has 1 saturated carbocycles.